The molecule has 0 spiro atoms. The van der Waals surface area contributed by atoms with Crippen LogP contribution in [0.2, 0.25) is 0 Å². The van der Waals surface area contributed by atoms with E-state index < -0.39 is 86.8 Å². The molecule has 1 aromatic rings. The van der Waals surface area contributed by atoms with Crippen molar-refractivity contribution in [1.29, 1.82) is 0 Å². The number of carbonyl (C=O) groups excluding carboxylic acids is 2. The zero-order valence-corrected chi connectivity index (χ0v) is 32.3. The maximum atomic E-state index is 12.6. The third-order valence-corrected chi connectivity index (χ3v) is 6.68. The van der Waals surface area contributed by atoms with E-state index in [4.69, 9.17) is 9.47 Å². The topological polar surface area (TPSA) is 267 Å². The van der Waals surface area contributed by atoms with Crippen LogP contribution in [0.3, 0.4) is 0 Å². The molecule has 5 atom stereocenters. The van der Waals surface area contributed by atoms with Gasteiger partial charge in [0.25, 0.3) is 0 Å². The van der Waals surface area contributed by atoms with E-state index in [-0.39, 0.29) is 95.2 Å². The van der Waals surface area contributed by atoms with E-state index in [1.807, 2.05) is 12.1 Å². The van der Waals surface area contributed by atoms with Gasteiger partial charge in [-0.25, -0.2) is 25.3 Å². The Balaban J connectivity index is 0. The van der Waals surface area contributed by atoms with Crippen molar-refractivity contribution in [2.45, 2.75) is 44.1 Å². The Hall–Kier alpha value is 0.690. The van der Waals surface area contributed by atoms with Crippen molar-refractivity contribution in [2.24, 2.45) is 0 Å². The minimum atomic E-state index is -5.79. The molecule has 0 aromatic heterocycles. The summed E-state index contributed by atoms with van der Waals surface area (Å²) < 4.78 is 124. The van der Waals surface area contributed by atoms with Crippen LogP contribution in [0, 0.1) is 0 Å². The predicted molar refractivity (Wildman–Crippen MR) is 125 cm³/mol. The van der Waals surface area contributed by atoms with E-state index in [1.54, 1.807) is 18.2 Å². The third kappa shape index (κ3) is 17.4. The van der Waals surface area contributed by atoms with Crippen molar-refractivity contribution in [3.8, 4) is 0 Å². The Kier molecular flexibility index (Phi) is 21.5. The molecule has 0 unspecified atom stereocenters. The first-order valence-corrected chi connectivity index (χ1v) is 15.0. The van der Waals surface area contributed by atoms with Crippen molar-refractivity contribution in [3.63, 3.8) is 0 Å². The number of rotatable bonds is 14. The Bertz CT molecular complexity index is 1350. The van der Waals surface area contributed by atoms with Gasteiger partial charge in [-0.3, -0.25) is 22.1 Å². The molecule has 2 amide bonds. The van der Waals surface area contributed by atoms with E-state index in [0.29, 0.717) is 6.42 Å². The van der Waals surface area contributed by atoms with Gasteiger partial charge in [0.15, 0.2) is 12.4 Å². The molecule has 24 heteroatoms. The molecule has 1 fully saturated rings. The number of hydrogen-bond acceptors (Lipinski definition) is 16. The molecule has 228 valence electrons. The Morgan fingerprint density at radius 1 is 0.860 bits per heavy atom. The van der Waals surface area contributed by atoms with Gasteiger partial charge in [-0.05, 0) is 12.0 Å². The molecule has 0 saturated carbocycles. The standard InChI is InChI=1S/C19H28N2O16S3.3Na/c1-12(22)21(9-8-13-6-4-3-5-7-13)11-15(23)20-10-14-16(35-38(24,25)26)17(36-39(27,28)29)18(19(33-2)34-14)37-40(30,31)32;;;/h3-7,14,16-19H,8-11H2,1-2H3,(H,20,23)(H,24,25,26)(H,27,28,29)(H,30,31,32);;;/q;3*+1/p-3/t14-,16-,17+,18+,19+;;;/m1.../s1. The van der Waals surface area contributed by atoms with Crippen molar-refractivity contribution in [3.05, 3.63) is 35.9 Å². The van der Waals surface area contributed by atoms with E-state index in [2.05, 4.69) is 17.9 Å². The van der Waals surface area contributed by atoms with Gasteiger partial charge in [0.1, 0.15) is 18.3 Å². The molecular weight excluding hydrogens is 677 g/mol. The number of benzene rings is 1. The number of hydrogen-bond donors (Lipinski definition) is 1. The van der Waals surface area contributed by atoms with Crippen LogP contribution in [-0.4, -0.2) is 113 Å². The summed E-state index contributed by atoms with van der Waals surface area (Å²) in [6.45, 7) is 0.0741. The second-order valence-electron chi connectivity index (χ2n) is 8.17. The van der Waals surface area contributed by atoms with Gasteiger partial charge in [-0.2, -0.15) is 0 Å². The van der Waals surface area contributed by atoms with Gasteiger partial charge >= 0.3 is 88.7 Å². The fraction of sp³-hybridized carbons (Fsp3) is 0.579. The average molecular weight is 703 g/mol. The van der Waals surface area contributed by atoms with Crippen molar-refractivity contribution >= 4 is 43.0 Å². The molecule has 1 aliphatic heterocycles. The fourth-order valence-corrected chi connectivity index (χ4v) is 5.14. The van der Waals surface area contributed by atoms with Gasteiger partial charge in [0.05, 0.1) is 6.54 Å². The number of methoxy groups -OCH3 is 1. The molecule has 18 nitrogen and oxygen atoms in total. The van der Waals surface area contributed by atoms with Crippen LogP contribution in [0.25, 0.3) is 0 Å². The van der Waals surface area contributed by atoms with Crippen LogP contribution >= 0.6 is 0 Å². The molecule has 43 heavy (non-hydrogen) atoms. The zero-order chi connectivity index (χ0) is 30.3. The molecule has 1 N–H and O–H groups in total. The van der Waals surface area contributed by atoms with Gasteiger partial charge in [-0.15, -0.1) is 0 Å². The average Bonchev–Trinajstić information content (AvgIpc) is 2.81. The summed E-state index contributed by atoms with van der Waals surface area (Å²) in [5, 5.41) is 2.25. The van der Waals surface area contributed by atoms with Gasteiger partial charge < -0.3 is 33.3 Å². The van der Waals surface area contributed by atoms with E-state index in [0.717, 1.165) is 12.7 Å². The first kappa shape index (κ1) is 45.8. The minimum Gasteiger partial charge on any atom is -0.726 e. The second-order valence-corrected chi connectivity index (χ2v) is 11.2. The molecule has 1 aliphatic rings. The molecule has 1 heterocycles. The maximum absolute atomic E-state index is 12.6. The number of nitrogens with zero attached hydrogens (tertiary/aromatic N) is 1. The van der Waals surface area contributed by atoms with E-state index in [1.165, 1.54) is 11.8 Å². The van der Waals surface area contributed by atoms with Gasteiger partial charge in [-0.1, -0.05) is 30.3 Å². The minimum absolute atomic E-state index is 0. The summed E-state index contributed by atoms with van der Waals surface area (Å²) in [4.78, 5) is 25.8. The summed E-state index contributed by atoms with van der Waals surface area (Å²) in [7, 11) is -16.4. The summed E-state index contributed by atoms with van der Waals surface area (Å²) in [6.07, 6.45) is -11.0. The van der Waals surface area contributed by atoms with Crippen LogP contribution in [0.5, 0.6) is 0 Å². The molecule has 1 aromatic carbocycles. The zero-order valence-electron chi connectivity index (χ0n) is 23.8. The van der Waals surface area contributed by atoms with Gasteiger partial charge in [0.2, 0.25) is 43.0 Å². The quantitative estimate of drug-likeness (QED) is 0.107. The summed E-state index contributed by atoms with van der Waals surface area (Å²) in [6, 6.07) is 8.99. The molecule has 0 aliphatic carbocycles. The second kappa shape index (κ2) is 20.1. The summed E-state index contributed by atoms with van der Waals surface area (Å²) in [5.74, 6) is -1.30. The number of carbonyl (C=O) groups is 2. The van der Waals surface area contributed by atoms with Crippen LogP contribution < -0.4 is 94.0 Å². The van der Waals surface area contributed by atoms with Crippen molar-refractivity contribution < 1.29 is 159 Å². The van der Waals surface area contributed by atoms with E-state index in [9.17, 15) is 48.5 Å². The maximum Gasteiger partial charge on any atom is 1.00 e. The molecule has 0 bridgehead atoms. The van der Waals surface area contributed by atoms with Gasteiger partial charge in [0, 0.05) is 27.1 Å². The molecule has 0 radical (unpaired) electrons. The monoisotopic (exact) mass is 702 g/mol. The first-order valence-electron chi connectivity index (χ1n) is 11.0. The van der Waals surface area contributed by atoms with Crippen LogP contribution in [0.4, 0.5) is 0 Å². The van der Waals surface area contributed by atoms with E-state index >= 15 is 0 Å². The van der Waals surface area contributed by atoms with Crippen LogP contribution in [0.1, 0.15) is 12.5 Å². The largest absolute Gasteiger partial charge is 1.00 e. The SMILES string of the molecule is CO[C@H]1O[C@H](CNC(=O)CN(CCc2ccccc2)C(C)=O)[C@@H](OS(=O)(=O)[O-])[C@H](OS(=O)(=O)[O-])[C@@H]1OS(=O)(=O)[O-].[Na+].[Na+].[Na+]. The number of amides is 2. The Morgan fingerprint density at radius 2 is 1.35 bits per heavy atom. The van der Waals surface area contributed by atoms with Crippen molar-refractivity contribution in [2.75, 3.05) is 26.7 Å². The Labute approximate surface area is 315 Å². The summed E-state index contributed by atoms with van der Waals surface area (Å²) >= 11 is 0. The molecule has 2 rings (SSSR count). The number of ether oxygens (including phenoxy) is 2. The smallest absolute Gasteiger partial charge is 0.726 e. The fourth-order valence-electron chi connectivity index (χ4n) is 3.67. The third-order valence-electron chi connectivity index (χ3n) is 5.30. The van der Waals surface area contributed by atoms with Crippen molar-refractivity contribution in [1.82, 2.24) is 10.2 Å². The summed E-state index contributed by atoms with van der Waals surface area (Å²) in [5.41, 5.74) is 0.880. The van der Waals surface area contributed by atoms with Crippen LogP contribution in [-0.2, 0) is 69.2 Å². The predicted octanol–water partition coefficient (Wildman–Crippen LogP) is -11.9. The molecule has 1 saturated heterocycles. The normalized spacial score (nSPS) is 22.2. The first-order chi connectivity index (χ1) is 18.4. The number of nitrogens with one attached hydrogen (secondary N) is 1. The Morgan fingerprint density at radius 3 is 1.81 bits per heavy atom. The van der Waals surface area contributed by atoms with Crippen LogP contribution in [0.15, 0.2) is 30.3 Å². The molecular formula is C19H25N2Na3O16S3.